The van der Waals surface area contributed by atoms with Gasteiger partial charge in [0.05, 0.1) is 11.9 Å². The molecule has 1 aromatic heterocycles. The van der Waals surface area contributed by atoms with E-state index in [1.54, 1.807) is 6.20 Å². The van der Waals surface area contributed by atoms with E-state index in [0.717, 1.165) is 22.3 Å². The van der Waals surface area contributed by atoms with Gasteiger partial charge in [0.2, 0.25) is 0 Å². The molecule has 0 aromatic carbocycles. The van der Waals surface area contributed by atoms with E-state index in [-0.39, 0.29) is 0 Å². The number of nitrogens with zero attached hydrogens (tertiary/aromatic N) is 1. The first kappa shape index (κ1) is 11.6. The maximum absolute atomic E-state index is 5.76. The molecule has 0 saturated heterocycles. The topological polar surface area (TPSA) is 50.9 Å². The van der Waals surface area contributed by atoms with Crippen LogP contribution in [0.5, 0.6) is 0 Å². The molecule has 1 aliphatic rings. The Labute approximate surface area is 101 Å². The van der Waals surface area contributed by atoms with Crippen molar-refractivity contribution in [1.82, 2.24) is 4.98 Å². The number of nitrogens with two attached hydrogens (primary N) is 1. The predicted molar refractivity (Wildman–Crippen MR) is 72.0 cm³/mol. The zero-order valence-corrected chi connectivity index (χ0v) is 10.7. The lowest BCUT2D eigenvalue weighted by Crippen LogP contribution is -2.26. The van der Waals surface area contributed by atoms with E-state index >= 15 is 0 Å². The molecular weight excluding hydrogens is 218 g/mol. The number of hydrogen-bond acceptors (Lipinski definition) is 4. The van der Waals surface area contributed by atoms with Crippen LogP contribution in [0.15, 0.2) is 12.3 Å². The molecule has 1 aromatic rings. The molecule has 0 bridgehead atoms. The highest BCUT2D eigenvalue weighted by molar-refractivity contribution is 7.99. The molecule has 3 nitrogen and oxygen atoms in total. The Morgan fingerprint density at radius 1 is 1.50 bits per heavy atom. The average molecular weight is 237 g/mol. The standard InChI is InChI=1S/C12H19N3S/c1-8-6-12(14-7-9(8)13)15-10-4-3-5-11(10)16-2/h6-7,10-11H,3-5,13H2,1-2H3,(H,14,15). The summed E-state index contributed by atoms with van der Waals surface area (Å²) in [6, 6.07) is 2.59. The van der Waals surface area contributed by atoms with Crippen LogP contribution < -0.4 is 11.1 Å². The second kappa shape index (κ2) is 4.95. The lowest BCUT2D eigenvalue weighted by atomic mass is 10.2. The molecule has 2 atom stereocenters. The maximum atomic E-state index is 5.76. The van der Waals surface area contributed by atoms with Crippen molar-refractivity contribution >= 4 is 23.3 Å². The van der Waals surface area contributed by atoms with Gasteiger partial charge in [-0.2, -0.15) is 11.8 Å². The van der Waals surface area contributed by atoms with Crippen molar-refractivity contribution in [3.63, 3.8) is 0 Å². The van der Waals surface area contributed by atoms with Crippen molar-refractivity contribution in [3.8, 4) is 0 Å². The van der Waals surface area contributed by atoms with Gasteiger partial charge in [0.1, 0.15) is 5.82 Å². The minimum atomic E-state index is 0.561. The minimum Gasteiger partial charge on any atom is -0.397 e. The molecule has 4 heteroatoms. The highest BCUT2D eigenvalue weighted by Gasteiger charge is 2.26. The van der Waals surface area contributed by atoms with Crippen LogP contribution in [0.4, 0.5) is 11.5 Å². The van der Waals surface area contributed by atoms with Gasteiger partial charge in [-0.1, -0.05) is 6.42 Å². The normalized spacial score (nSPS) is 24.6. The van der Waals surface area contributed by atoms with E-state index in [9.17, 15) is 0 Å². The second-order valence-corrected chi connectivity index (χ2v) is 5.46. The van der Waals surface area contributed by atoms with Gasteiger partial charge in [-0.15, -0.1) is 0 Å². The molecule has 16 heavy (non-hydrogen) atoms. The molecule has 3 N–H and O–H groups in total. The summed E-state index contributed by atoms with van der Waals surface area (Å²) in [6.45, 7) is 2.02. The number of pyridine rings is 1. The highest BCUT2D eigenvalue weighted by Crippen LogP contribution is 2.30. The van der Waals surface area contributed by atoms with Crippen molar-refractivity contribution in [2.45, 2.75) is 37.5 Å². The molecule has 0 aliphatic heterocycles. The van der Waals surface area contributed by atoms with Gasteiger partial charge >= 0.3 is 0 Å². The van der Waals surface area contributed by atoms with Crippen molar-refractivity contribution in [3.05, 3.63) is 17.8 Å². The zero-order valence-electron chi connectivity index (χ0n) is 9.86. The summed E-state index contributed by atoms with van der Waals surface area (Å²) in [5, 5.41) is 4.24. The van der Waals surface area contributed by atoms with Gasteiger partial charge in [0.25, 0.3) is 0 Å². The average Bonchev–Trinajstić information content (AvgIpc) is 2.71. The zero-order chi connectivity index (χ0) is 11.5. The number of anilines is 2. The van der Waals surface area contributed by atoms with Crippen LogP contribution in [0.2, 0.25) is 0 Å². The lowest BCUT2D eigenvalue weighted by molar-refractivity contribution is 0.763. The first-order chi connectivity index (χ1) is 7.70. The largest absolute Gasteiger partial charge is 0.397 e. The second-order valence-electron chi connectivity index (χ2n) is 4.38. The molecule has 0 amide bonds. The van der Waals surface area contributed by atoms with Gasteiger partial charge in [-0.25, -0.2) is 4.98 Å². The van der Waals surface area contributed by atoms with Gasteiger partial charge in [0, 0.05) is 11.3 Å². The van der Waals surface area contributed by atoms with Crippen LogP contribution in [0.25, 0.3) is 0 Å². The molecule has 2 unspecified atom stereocenters. The smallest absolute Gasteiger partial charge is 0.126 e. The third kappa shape index (κ3) is 2.43. The van der Waals surface area contributed by atoms with E-state index in [4.69, 9.17) is 5.73 Å². The molecule has 1 aliphatic carbocycles. The summed E-state index contributed by atoms with van der Waals surface area (Å²) in [6.07, 6.45) is 7.80. The summed E-state index contributed by atoms with van der Waals surface area (Å²) >= 11 is 1.95. The van der Waals surface area contributed by atoms with E-state index in [0.29, 0.717) is 6.04 Å². The molecule has 2 rings (SSSR count). The maximum Gasteiger partial charge on any atom is 0.126 e. The first-order valence-electron chi connectivity index (χ1n) is 5.72. The first-order valence-corrected chi connectivity index (χ1v) is 7.01. The fraction of sp³-hybridized carbons (Fsp3) is 0.583. The Morgan fingerprint density at radius 3 is 3.00 bits per heavy atom. The molecular formula is C12H19N3S. The third-order valence-corrected chi connectivity index (χ3v) is 4.41. The molecule has 0 radical (unpaired) electrons. The van der Waals surface area contributed by atoms with Crippen molar-refractivity contribution < 1.29 is 0 Å². The quantitative estimate of drug-likeness (QED) is 0.848. The fourth-order valence-electron chi connectivity index (χ4n) is 2.21. The van der Waals surface area contributed by atoms with E-state index < -0.39 is 0 Å². The van der Waals surface area contributed by atoms with Gasteiger partial charge in [0.15, 0.2) is 0 Å². The van der Waals surface area contributed by atoms with Crippen LogP contribution in [-0.4, -0.2) is 22.5 Å². The fourth-order valence-corrected chi connectivity index (χ4v) is 3.14. The van der Waals surface area contributed by atoms with Crippen LogP contribution in [0.1, 0.15) is 24.8 Å². The van der Waals surface area contributed by atoms with Crippen LogP contribution in [0.3, 0.4) is 0 Å². The minimum absolute atomic E-state index is 0.561. The molecule has 0 spiro atoms. The van der Waals surface area contributed by atoms with E-state index in [1.807, 2.05) is 24.8 Å². The van der Waals surface area contributed by atoms with Gasteiger partial charge < -0.3 is 11.1 Å². The third-order valence-electron chi connectivity index (χ3n) is 3.24. The van der Waals surface area contributed by atoms with Gasteiger partial charge in [-0.05, 0) is 37.7 Å². The Hall–Kier alpha value is -0.900. The van der Waals surface area contributed by atoms with Gasteiger partial charge in [-0.3, -0.25) is 0 Å². The van der Waals surface area contributed by atoms with E-state index in [2.05, 4.69) is 16.6 Å². The molecule has 88 valence electrons. The highest BCUT2D eigenvalue weighted by atomic mass is 32.2. The van der Waals surface area contributed by atoms with Crippen molar-refractivity contribution in [2.75, 3.05) is 17.3 Å². The predicted octanol–water partition coefficient (Wildman–Crippen LogP) is 2.67. The Balaban J connectivity index is 2.05. The van der Waals surface area contributed by atoms with Crippen LogP contribution in [-0.2, 0) is 0 Å². The summed E-state index contributed by atoms with van der Waals surface area (Å²) in [5.74, 6) is 0.956. The summed E-state index contributed by atoms with van der Waals surface area (Å²) in [5.41, 5.74) is 7.61. The monoisotopic (exact) mass is 237 g/mol. The van der Waals surface area contributed by atoms with E-state index in [1.165, 1.54) is 19.3 Å². The number of aromatic nitrogens is 1. The Kier molecular flexibility index (Phi) is 3.59. The summed E-state index contributed by atoms with van der Waals surface area (Å²) < 4.78 is 0. The number of nitrogen functional groups attached to an aromatic ring is 1. The van der Waals surface area contributed by atoms with Crippen LogP contribution >= 0.6 is 11.8 Å². The Morgan fingerprint density at radius 2 is 2.31 bits per heavy atom. The number of rotatable bonds is 3. The molecule has 1 heterocycles. The number of aryl methyl sites for hydroxylation is 1. The summed E-state index contributed by atoms with van der Waals surface area (Å²) in [4.78, 5) is 4.33. The van der Waals surface area contributed by atoms with Crippen LogP contribution in [0, 0.1) is 6.92 Å². The summed E-state index contributed by atoms with van der Waals surface area (Å²) in [7, 11) is 0. The molecule has 1 saturated carbocycles. The number of nitrogens with one attached hydrogen (secondary N) is 1. The van der Waals surface area contributed by atoms with Crippen molar-refractivity contribution in [2.24, 2.45) is 0 Å². The SMILES string of the molecule is CSC1CCCC1Nc1cc(C)c(N)cn1. The van der Waals surface area contributed by atoms with Crippen molar-refractivity contribution in [1.29, 1.82) is 0 Å². The Bertz CT molecular complexity index is 367. The number of hydrogen-bond donors (Lipinski definition) is 2. The molecule has 1 fully saturated rings. The number of thioether (sulfide) groups is 1. The lowest BCUT2D eigenvalue weighted by Gasteiger charge is -2.20.